The summed E-state index contributed by atoms with van der Waals surface area (Å²) in [6, 6.07) is 15.9. The van der Waals surface area contributed by atoms with Crippen LogP contribution in [0.15, 0.2) is 65.9 Å². The normalized spacial score (nSPS) is 13.7. The predicted molar refractivity (Wildman–Crippen MR) is 88.1 cm³/mol. The van der Waals surface area contributed by atoms with Crippen LogP contribution < -0.4 is 10.6 Å². The van der Waals surface area contributed by atoms with E-state index in [0.29, 0.717) is 22.1 Å². The molecule has 1 aliphatic rings. The molecule has 0 aromatic heterocycles. The van der Waals surface area contributed by atoms with Gasteiger partial charge in [0.25, 0.3) is 5.91 Å². The van der Waals surface area contributed by atoms with E-state index in [9.17, 15) is 9.59 Å². The van der Waals surface area contributed by atoms with Crippen LogP contribution in [0.1, 0.15) is 0 Å². The van der Waals surface area contributed by atoms with Crippen LogP contribution in [0, 0.1) is 0 Å². The van der Waals surface area contributed by atoms with Crippen LogP contribution in [0.2, 0.25) is 5.02 Å². The first-order chi connectivity index (χ1) is 11.1. The first-order valence-electron chi connectivity index (χ1n) is 6.93. The second-order valence-corrected chi connectivity index (χ2v) is 5.32. The Labute approximate surface area is 137 Å². The number of anilines is 2. The number of hydrogen-bond donors (Lipinski definition) is 2. The van der Waals surface area contributed by atoms with Gasteiger partial charge in [0.1, 0.15) is 12.2 Å². The first kappa shape index (κ1) is 15.1. The maximum absolute atomic E-state index is 12.3. The standard InChI is InChI=1S/C17H13ClN2O3/c18-11-6-8-13(9-7-11)19-14-10-23-17(22)15(14)16(21)20-12-4-2-1-3-5-12/h1-9,19H,10H2,(H,20,21). The van der Waals surface area contributed by atoms with Gasteiger partial charge in [0, 0.05) is 16.4 Å². The molecule has 6 heteroatoms. The summed E-state index contributed by atoms with van der Waals surface area (Å²) >= 11 is 5.84. The molecule has 2 N–H and O–H groups in total. The van der Waals surface area contributed by atoms with Crippen molar-refractivity contribution in [1.82, 2.24) is 0 Å². The monoisotopic (exact) mass is 328 g/mol. The smallest absolute Gasteiger partial charge is 0.346 e. The van der Waals surface area contributed by atoms with Crippen molar-refractivity contribution in [2.75, 3.05) is 17.2 Å². The van der Waals surface area contributed by atoms with Gasteiger partial charge in [-0.3, -0.25) is 4.79 Å². The fourth-order valence-electron chi connectivity index (χ4n) is 2.16. The summed E-state index contributed by atoms with van der Waals surface area (Å²) in [6.45, 7) is 0.0268. The molecule has 2 aromatic rings. The van der Waals surface area contributed by atoms with Crippen LogP contribution in [0.4, 0.5) is 11.4 Å². The highest BCUT2D eigenvalue weighted by atomic mass is 35.5. The van der Waals surface area contributed by atoms with Crippen LogP contribution >= 0.6 is 11.6 Å². The number of rotatable bonds is 4. The molecule has 1 amide bonds. The van der Waals surface area contributed by atoms with E-state index < -0.39 is 11.9 Å². The maximum atomic E-state index is 12.3. The van der Waals surface area contributed by atoms with E-state index in [-0.39, 0.29) is 12.2 Å². The van der Waals surface area contributed by atoms with Crippen LogP contribution in [-0.2, 0) is 14.3 Å². The third kappa shape index (κ3) is 3.52. The molecule has 0 saturated heterocycles. The summed E-state index contributed by atoms with van der Waals surface area (Å²) in [5, 5.41) is 6.31. The zero-order chi connectivity index (χ0) is 16.2. The van der Waals surface area contributed by atoms with Gasteiger partial charge in [0.05, 0.1) is 5.70 Å². The van der Waals surface area contributed by atoms with Crippen LogP contribution in [0.5, 0.6) is 0 Å². The van der Waals surface area contributed by atoms with Gasteiger partial charge in [-0.15, -0.1) is 0 Å². The number of hydrogen-bond acceptors (Lipinski definition) is 4. The van der Waals surface area contributed by atoms with Gasteiger partial charge in [-0.25, -0.2) is 4.79 Å². The Morgan fingerprint density at radius 2 is 1.70 bits per heavy atom. The lowest BCUT2D eigenvalue weighted by atomic mass is 10.2. The molecule has 0 unspecified atom stereocenters. The number of nitrogens with one attached hydrogen (secondary N) is 2. The van der Waals surface area contributed by atoms with Crippen LogP contribution in [-0.4, -0.2) is 18.5 Å². The number of para-hydroxylation sites is 1. The number of halogens is 1. The largest absolute Gasteiger partial charge is 0.455 e. The molecule has 0 aliphatic carbocycles. The second kappa shape index (κ2) is 6.54. The Morgan fingerprint density at radius 3 is 2.39 bits per heavy atom. The number of esters is 1. The van der Waals surface area contributed by atoms with Crippen molar-refractivity contribution >= 4 is 34.9 Å². The van der Waals surface area contributed by atoms with E-state index in [1.165, 1.54) is 0 Å². The van der Waals surface area contributed by atoms with E-state index in [4.69, 9.17) is 16.3 Å². The lowest BCUT2D eigenvalue weighted by molar-refractivity contribution is -0.137. The lowest BCUT2D eigenvalue weighted by Gasteiger charge is -2.08. The van der Waals surface area contributed by atoms with Crippen LogP contribution in [0.3, 0.4) is 0 Å². The molecule has 1 heterocycles. The number of amides is 1. The summed E-state index contributed by atoms with van der Waals surface area (Å²) in [5.74, 6) is -1.15. The predicted octanol–water partition coefficient (Wildman–Crippen LogP) is 3.20. The van der Waals surface area contributed by atoms with Crippen molar-refractivity contribution in [3.63, 3.8) is 0 Å². The van der Waals surface area contributed by atoms with Crippen molar-refractivity contribution in [1.29, 1.82) is 0 Å². The Kier molecular flexibility index (Phi) is 4.30. The number of cyclic esters (lactones) is 1. The fraction of sp³-hybridized carbons (Fsp3) is 0.0588. The van der Waals surface area contributed by atoms with E-state index in [1.807, 2.05) is 6.07 Å². The molecule has 3 rings (SSSR count). The summed E-state index contributed by atoms with van der Waals surface area (Å²) in [4.78, 5) is 24.2. The van der Waals surface area contributed by atoms with Crippen molar-refractivity contribution < 1.29 is 14.3 Å². The van der Waals surface area contributed by atoms with Gasteiger partial charge in [-0.2, -0.15) is 0 Å². The quantitative estimate of drug-likeness (QED) is 0.668. The molecule has 0 fully saturated rings. The summed E-state index contributed by atoms with van der Waals surface area (Å²) < 4.78 is 4.97. The van der Waals surface area contributed by atoms with E-state index >= 15 is 0 Å². The molecule has 0 bridgehead atoms. The van der Waals surface area contributed by atoms with Crippen molar-refractivity contribution in [2.45, 2.75) is 0 Å². The molecule has 1 aliphatic heterocycles. The second-order valence-electron chi connectivity index (χ2n) is 4.88. The molecule has 116 valence electrons. The van der Waals surface area contributed by atoms with E-state index in [0.717, 1.165) is 0 Å². The minimum Gasteiger partial charge on any atom is -0.455 e. The molecule has 23 heavy (non-hydrogen) atoms. The van der Waals surface area contributed by atoms with Crippen molar-refractivity contribution in [2.24, 2.45) is 0 Å². The highest BCUT2D eigenvalue weighted by Gasteiger charge is 2.31. The zero-order valence-corrected chi connectivity index (χ0v) is 12.8. The summed E-state index contributed by atoms with van der Waals surface area (Å²) in [5.41, 5.74) is 1.72. The van der Waals surface area contributed by atoms with Gasteiger partial charge >= 0.3 is 5.97 Å². The van der Waals surface area contributed by atoms with Crippen LogP contribution in [0.25, 0.3) is 0 Å². The van der Waals surface area contributed by atoms with Gasteiger partial charge in [0.15, 0.2) is 0 Å². The summed E-state index contributed by atoms with van der Waals surface area (Å²) in [6.07, 6.45) is 0. The summed E-state index contributed by atoms with van der Waals surface area (Å²) in [7, 11) is 0. The molecule has 0 atom stereocenters. The van der Waals surface area contributed by atoms with Gasteiger partial charge in [-0.05, 0) is 36.4 Å². The average Bonchev–Trinajstić information content (AvgIpc) is 2.91. The first-order valence-corrected chi connectivity index (χ1v) is 7.30. The molecular weight excluding hydrogens is 316 g/mol. The number of carbonyl (C=O) groups is 2. The minimum absolute atomic E-state index is 0.0243. The molecule has 0 spiro atoms. The SMILES string of the molecule is O=C(Nc1ccccc1)C1=C(Nc2ccc(Cl)cc2)COC1=O. The lowest BCUT2D eigenvalue weighted by Crippen LogP contribution is -2.20. The van der Waals surface area contributed by atoms with Crippen molar-refractivity contribution in [3.8, 4) is 0 Å². The Morgan fingerprint density at radius 1 is 1.00 bits per heavy atom. The van der Waals surface area contributed by atoms with E-state index in [1.54, 1.807) is 48.5 Å². The molecule has 2 aromatic carbocycles. The molecular formula is C17H13ClN2O3. The third-order valence-corrected chi connectivity index (χ3v) is 3.50. The number of ether oxygens (including phenoxy) is 1. The maximum Gasteiger partial charge on any atom is 0.346 e. The van der Waals surface area contributed by atoms with Gasteiger partial charge in [-0.1, -0.05) is 29.8 Å². The molecule has 5 nitrogen and oxygen atoms in total. The third-order valence-electron chi connectivity index (χ3n) is 3.25. The average molecular weight is 329 g/mol. The van der Waals surface area contributed by atoms with Crippen molar-refractivity contribution in [3.05, 3.63) is 70.9 Å². The highest BCUT2D eigenvalue weighted by Crippen LogP contribution is 2.22. The minimum atomic E-state index is -0.644. The topological polar surface area (TPSA) is 67.4 Å². The van der Waals surface area contributed by atoms with Gasteiger partial charge < -0.3 is 15.4 Å². The number of carbonyl (C=O) groups excluding carboxylic acids is 2. The fourth-order valence-corrected chi connectivity index (χ4v) is 2.28. The Hall–Kier alpha value is -2.79. The molecule has 0 saturated carbocycles. The highest BCUT2D eigenvalue weighted by molar-refractivity contribution is 6.30. The Balaban J connectivity index is 1.82. The Bertz CT molecular complexity index is 770. The van der Waals surface area contributed by atoms with E-state index in [2.05, 4.69) is 10.6 Å². The molecule has 0 radical (unpaired) electrons. The number of benzene rings is 2. The van der Waals surface area contributed by atoms with Gasteiger partial charge in [0.2, 0.25) is 0 Å². The zero-order valence-electron chi connectivity index (χ0n) is 12.0.